The average Bonchev–Trinajstić information content (AvgIpc) is 3.33. The Bertz CT molecular complexity index is 1060. The number of anilines is 1. The minimum Gasteiger partial charge on any atom is -0.468 e. The van der Waals surface area contributed by atoms with Crippen molar-refractivity contribution in [3.63, 3.8) is 0 Å². The lowest BCUT2D eigenvalue weighted by molar-refractivity contribution is -0.159. The van der Waals surface area contributed by atoms with Crippen molar-refractivity contribution in [3.8, 4) is 11.3 Å². The summed E-state index contributed by atoms with van der Waals surface area (Å²) < 4.78 is 21.8. The monoisotopic (exact) mass is 450 g/mol. The van der Waals surface area contributed by atoms with Crippen molar-refractivity contribution in [2.45, 2.75) is 5.92 Å². The predicted molar refractivity (Wildman–Crippen MR) is 121 cm³/mol. The molecule has 0 saturated carbocycles. The molecule has 0 N–H and O–H groups in total. The molecule has 4 rings (SSSR count). The number of hydrogen-bond donors (Lipinski definition) is 0. The van der Waals surface area contributed by atoms with Crippen molar-refractivity contribution in [1.82, 2.24) is 4.98 Å². The molecule has 1 unspecified atom stereocenters. The van der Waals surface area contributed by atoms with Crippen molar-refractivity contribution in [2.24, 2.45) is 5.92 Å². The van der Waals surface area contributed by atoms with Gasteiger partial charge in [-0.05, 0) is 5.56 Å². The maximum Gasteiger partial charge on any atom is 0.321 e. The predicted octanol–water partition coefficient (Wildman–Crippen LogP) is 3.27. The second-order valence-corrected chi connectivity index (χ2v) is 7.58. The highest BCUT2D eigenvalue weighted by atomic mass is 16.5. The zero-order valence-corrected chi connectivity index (χ0v) is 18.6. The van der Waals surface area contributed by atoms with Gasteiger partial charge < -0.3 is 23.5 Å². The summed E-state index contributed by atoms with van der Waals surface area (Å²) in [5.74, 6) is -2.73. The lowest BCUT2D eigenvalue weighted by Crippen LogP contribution is -2.36. The van der Waals surface area contributed by atoms with E-state index in [-0.39, 0.29) is 5.89 Å². The molecule has 8 heteroatoms. The molecular formula is C25H26N2O6. The Morgan fingerprint density at radius 3 is 2.06 bits per heavy atom. The van der Waals surface area contributed by atoms with Crippen LogP contribution in [-0.4, -0.2) is 57.4 Å². The van der Waals surface area contributed by atoms with E-state index in [1.807, 2.05) is 60.7 Å². The molecule has 1 saturated heterocycles. The molecule has 1 atom stereocenters. The fourth-order valence-electron chi connectivity index (χ4n) is 3.99. The molecule has 1 aromatic heterocycles. The first-order valence-corrected chi connectivity index (χ1v) is 10.7. The second kappa shape index (κ2) is 10.3. The van der Waals surface area contributed by atoms with E-state index in [2.05, 4.69) is 4.90 Å². The van der Waals surface area contributed by atoms with E-state index in [1.165, 1.54) is 14.2 Å². The van der Waals surface area contributed by atoms with Gasteiger partial charge in [0.1, 0.15) is 5.69 Å². The maximum atomic E-state index is 12.7. The van der Waals surface area contributed by atoms with Crippen LogP contribution in [0.25, 0.3) is 11.3 Å². The SMILES string of the molecule is COC(=O)C(C(=O)OC)C(c1ccccc1)c1nc(-c2ccccc2)c(N2CCOCC2)o1. The van der Waals surface area contributed by atoms with Gasteiger partial charge in [0, 0.05) is 18.7 Å². The number of esters is 2. The Morgan fingerprint density at radius 1 is 0.909 bits per heavy atom. The van der Waals surface area contributed by atoms with Crippen LogP contribution in [-0.2, 0) is 23.8 Å². The number of rotatable bonds is 7. The number of oxazole rings is 1. The molecule has 3 aromatic rings. The van der Waals surface area contributed by atoms with Crippen LogP contribution in [0, 0.1) is 5.92 Å². The summed E-state index contributed by atoms with van der Waals surface area (Å²) in [5, 5.41) is 0. The third-order valence-electron chi connectivity index (χ3n) is 5.64. The Hall–Kier alpha value is -3.65. The molecule has 0 radical (unpaired) electrons. The molecule has 0 spiro atoms. The molecule has 1 fully saturated rings. The average molecular weight is 450 g/mol. The van der Waals surface area contributed by atoms with Gasteiger partial charge in [0.15, 0.2) is 5.92 Å². The zero-order chi connectivity index (χ0) is 23.2. The van der Waals surface area contributed by atoms with E-state index in [4.69, 9.17) is 23.6 Å². The van der Waals surface area contributed by atoms with Crippen LogP contribution < -0.4 is 4.90 Å². The van der Waals surface area contributed by atoms with Crippen LogP contribution in [0.15, 0.2) is 65.1 Å². The highest BCUT2D eigenvalue weighted by molar-refractivity contribution is 5.96. The summed E-state index contributed by atoms with van der Waals surface area (Å²) >= 11 is 0. The van der Waals surface area contributed by atoms with E-state index in [0.717, 1.165) is 5.56 Å². The van der Waals surface area contributed by atoms with Gasteiger partial charge in [-0.2, -0.15) is 0 Å². The van der Waals surface area contributed by atoms with Crippen molar-refractivity contribution in [1.29, 1.82) is 0 Å². The molecule has 0 bridgehead atoms. The van der Waals surface area contributed by atoms with Gasteiger partial charge in [-0.3, -0.25) is 9.59 Å². The first-order valence-electron chi connectivity index (χ1n) is 10.7. The van der Waals surface area contributed by atoms with Crippen molar-refractivity contribution in [2.75, 3.05) is 45.4 Å². The Balaban J connectivity index is 1.89. The Labute approximate surface area is 192 Å². The van der Waals surface area contributed by atoms with Gasteiger partial charge in [-0.1, -0.05) is 60.7 Å². The number of ether oxygens (including phenoxy) is 3. The summed E-state index contributed by atoms with van der Waals surface area (Å²) in [6.07, 6.45) is 0. The number of aromatic nitrogens is 1. The van der Waals surface area contributed by atoms with Crippen LogP contribution in [0.3, 0.4) is 0 Å². The lowest BCUT2D eigenvalue weighted by atomic mass is 9.85. The van der Waals surface area contributed by atoms with E-state index in [1.54, 1.807) is 0 Å². The van der Waals surface area contributed by atoms with Crippen LogP contribution in [0.5, 0.6) is 0 Å². The Kier molecular flexibility index (Phi) is 7.04. The molecule has 1 aliphatic rings. The van der Waals surface area contributed by atoms with Gasteiger partial charge in [-0.15, -0.1) is 0 Å². The van der Waals surface area contributed by atoms with E-state index >= 15 is 0 Å². The number of nitrogens with zero attached hydrogens (tertiary/aromatic N) is 2. The smallest absolute Gasteiger partial charge is 0.321 e. The molecule has 8 nitrogen and oxygen atoms in total. The zero-order valence-electron chi connectivity index (χ0n) is 18.6. The molecule has 0 amide bonds. The maximum absolute atomic E-state index is 12.7. The number of methoxy groups -OCH3 is 2. The molecule has 0 aliphatic carbocycles. The third-order valence-corrected chi connectivity index (χ3v) is 5.64. The van der Waals surface area contributed by atoms with Crippen molar-refractivity contribution < 1.29 is 28.2 Å². The van der Waals surface area contributed by atoms with Crippen molar-refractivity contribution >= 4 is 17.8 Å². The van der Waals surface area contributed by atoms with Gasteiger partial charge in [0.25, 0.3) is 0 Å². The summed E-state index contributed by atoms with van der Waals surface area (Å²) in [6.45, 7) is 2.42. The minimum absolute atomic E-state index is 0.238. The molecule has 1 aliphatic heterocycles. The fraction of sp³-hybridized carbons (Fsp3) is 0.320. The number of carbonyl (C=O) groups is 2. The first-order chi connectivity index (χ1) is 16.1. The number of carbonyl (C=O) groups excluding carboxylic acids is 2. The van der Waals surface area contributed by atoms with Gasteiger partial charge in [0.05, 0.1) is 33.4 Å². The van der Waals surface area contributed by atoms with Crippen LogP contribution in [0.1, 0.15) is 17.4 Å². The normalized spacial score (nSPS) is 14.7. The molecule has 33 heavy (non-hydrogen) atoms. The van der Waals surface area contributed by atoms with Crippen molar-refractivity contribution in [3.05, 3.63) is 72.1 Å². The Morgan fingerprint density at radius 2 is 1.48 bits per heavy atom. The van der Waals surface area contributed by atoms with E-state index in [0.29, 0.717) is 43.4 Å². The number of morpholine rings is 1. The van der Waals surface area contributed by atoms with Gasteiger partial charge in [0.2, 0.25) is 11.8 Å². The minimum atomic E-state index is -1.28. The van der Waals surface area contributed by atoms with Gasteiger partial charge in [-0.25, -0.2) is 4.98 Å². The largest absolute Gasteiger partial charge is 0.468 e. The highest BCUT2D eigenvalue weighted by Crippen LogP contribution is 2.39. The molecule has 172 valence electrons. The summed E-state index contributed by atoms with van der Waals surface area (Å²) in [7, 11) is 2.48. The summed E-state index contributed by atoms with van der Waals surface area (Å²) in [6, 6.07) is 18.8. The van der Waals surface area contributed by atoms with E-state index < -0.39 is 23.8 Å². The topological polar surface area (TPSA) is 91.1 Å². The van der Waals surface area contributed by atoms with E-state index in [9.17, 15) is 9.59 Å². The first kappa shape index (κ1) is 22.5. The van der Waals surface area contributed by atoms with Crippen LogP contribution in [0.2, 0.25) is 0 Å². The quantitative estimate of drug-likeness (QED) is 0.400. The third kappa shape index (κ3) is 4.75. The molecule has 2 heterocycles. The molecule has 2 aromatic carbocycles. The summed E-state index contributed by atoms with van der Waals surface area (Å²) in [4.78, 5) is 32.4. The second-order valence-electron chi connectivity index (χ2n) is 7.58. The lowest BCUT2D eigenvalue weighted by Gasteiger charge is -2.27. The number of benzene rings is 2. The molecular weight excluding hydrogens is 424 g/mol. The standard InChI is InChI=1S/C25H26N2O6/c1-30-24(28)20(25(29)31-2)19(17-9-5-3-6-10-17)22-26-21(18-11-7-4-8-12-18)23(33-22)27-13-15-32-16-14-27/h3-12,19-20H,13-16H2,1-2H3. The summed E-state index contributed by atoms with van der Waals surface area (Å²) in [5.41, 5.74) is 2.20. The van der Waals surface area contributed by atoms with Crippen LogP contribution in [0.4, 0.5) is 5.88 Å². The van der Waals surface area contributed by atoms with Gasteiger partial charge >= 0.3 is 11.9 Å². The number of hydrogen-bond acceptors (Lipinski definition) is 8. The highest BCUT2D eigenvalue weighted by Gasteiger charge is 2.42. The van der Waals surface area contributed by atoms with Crippen LogP contribution >= 0.6 is 0 Å². The fourth-order valence-corrected chi connectivity index (χ4v) is 3.99.